The number of benzene rings is 21. The molecule has 0 atom stereocenters. The Hall–Kier alpha value is -15.4. The van der Waals surface area contributed by atoms with Crippen LogP contribution >= 0.6 is 0 Å². The minimum atomic E-state index is 0.851. The molecule has 4 nitrogen and oxygen atoms in total. The smallest absolute Gasteiger partial charge is 0.143 e. The quantitative estimate of drug-likeness (QED) is 0.108. The van der Waals surface area contributed by atoms with Crippen molar-refractivity contribution in [1.82, 2.24) is 0 Å². The summed E-state index contributed by atoms with van der Waals surface area (Å²) in [6.07, 6.45) is 0. The first-order chi connectivity index (χ1) is 57.5. The maximum absolute atomic E-state index is 6.84. The van der Waals surface area contributed by atoms with Gasteiger partial charge in [0.15, 0.2) is 0 Å². The maximum atomic E-state index is 6.84. The maximum Gasteiger partial charge on any atom is 0.143 e. The summed E-state index contributed by atoms with van der Waals surface area (Å²) in [7, 11) is 0. The van der Waals surface area contributed by atoms with E-state index in [1.54, 1.807) is 0 Å². The van der Waals surface area contributed by atoms with Gasteiger partial charge in [-0.15, -0.1) is 0 Å². The van der Waals surface area contributed by atoms with Crippen molar-refractivity contribution in [3.8, 4) is 77.9 Å². The molecule has 4 heteroatoms. The van der Waals surface area contributed by atoms with Crippen molar-refractivity contribution in [2.45, 2.75) is 0 Å². The molecule has 0 bridgehead atoms. The van der Waals surface area contributed by atoms with Crippen molar-refractivity contribution < 1.29 is 8.83 Å². The fourth-order valence-corrected chi connectivity index (χ4v) is 18.4. The molecule has 0 saturated heterocycles. The highest BCUT2D eigenvalue weighted by Gasteiger charge is 2.26. The number of hydrogen-bond acceptors (Lipinski definition) is 4. The second-order valence-corrected chi connectivity index (χ2v) is 30.5. The largest absolute Gasteiger partial charge is 0.455 e. The van der Waals surface area contributed by atoms with E-state index in [1.807, 2.05) is 0 Å². The Labute approximate surface area is 670 Å². The molecule has 0 unspecified atom stereocenters. The lowest BCUT2D eigenvalue weighted by molar-refractivity contribution is 0.672. The lowest BCUT2D eigenvalue weighted by Crippen LogP contribution is -2.12. The second-order valence-electron chi connectivity index (χ2n) is 30.5. The molecule has 0 saturated carbocycles. The van der Waals surface area contributed by atoms with Gasteiger partial charge in [-0.05, 0) is 230 Å². The fraction of sp³-hybridized carbons (Fsp3) is 0. The number of furan rings is 2. The molecule has 116 heavy (non-hydrogen) atoms. The minimum Gasteiger partial charge on any atom is -0.455 e. The Morgan fingerprint density at radius 1 is 0.147 bits per heavy atom. The molecule has 2 aromatic heterocycles. The molecular weight excluding hydrogens is 1410 g/mol. The lowest BCUT2D eigenvalue weighted by Gasteiger charge is -2.30. The van der Waals surface area contributed by atoms with Crippen LogP contribution < -0.4 is 9.80 Å². The number of nitrogens with zero attached hydrogens (tertiary/aromatic N) is 2. The Kier molecular flexibility index (Phi) is 15.6. The third-order valence-electron chi connectivity index (χ3n) is 24.0. The number of rotatable bonds is 13. The molecule has 0 N–H and O–H groups in total. The van der Waals surface area contributed by atoms with E-state index < -0.39 is 0 Å². The number of hydrogen-bond donors (Lipinski definition) is 0. The summed E-state index contributed by atoms with van der Waals surface area (Å²) in [5, 5.41) is 20.7. The summed E-state index contributed by atoms with van der Waals surface area (Å²) < 4.78 is 13.6. The third-order valence-corrected chi connectivity index (χ3v) is 24.0. The average molecular weight is 1480 g/mol. The van der Waals surface area contributed by atoms with Crippen LogP contribution in [-0.2, 0) is 0 Å². The zero-order valence-corrected chi connectivity index (χ0v) is 63.1. The van der Waals surface area contributed by atoms with Crippen LogP contribution in [0, 0.1) is 0 Å². The Morgan fingerprint density at radius 3 is 1.21 bits per heavy atom. The Morgan fingerprint density at radius 2 is 0.534 bits per heavy atom. The van der Waals surface area contributed by atoms with Crippen LogP contribution in [-0.4, -0.2) is 0 Å². The molecule has 2 heterocycles. The van der Waals surface area contributed by atoms with E-state index in [2.05, 4.69) is 434 Å². The van der Waals surface area contributed by atoms with Crippen LogP contribution in [0.1, 0.15) is 0 Å². The van der Waals surface area contributed by atoms with E-state index in [4.69, 9.17) is 8.83 Å². The molecule has 23 aromatic rings. The van der Waals surface area contributed by atoms with Gasteiger partial charge in [-0.25, -0.2) is 0 Å². The minimum absolute atomic E-state index is 0.851. The predicted octanol–water partition coefficient (Wildman–Crippen LogP) is 32.2. The van der Waals surface area contributed by atoms with Gasteiger partial charge in [0.05, 0.1) is 22.7 Å². The van der Waals surface area contributed by atoms with Gasteiger partial charge in [0.1, 0.15) is 22.3 Å². The standard InChI is InChI=1S/C112H70N2O2/c1-3-21-72(22-4-1)88-57-48-79(66-100(88)74-23-5-2-6-24-74)71-41-53-85(54-42-71)113(105-38-18-17-32-91(105)83-51-63-109-103(69-83)98-60-45-75-26-8-13-33-92(75)111(98)115-109)107-40-20-37-95-89-58-47-78(65-82(89)49-59-97(95)107)80-50-62-108(102(67-80)84-52-64-110-104(70-84)99-61-46-76-27-9-14-34-93(76)112(99)116-110)114(106-39-19-29-73-25-7-12-31-90(73)106)86-55-43-77(44-56-86)101-68-81-28-10-11-30-87(81)94-35-15-16-36-96(94)101/h1-70H. The SMILES string of the molecule is c1ccc(-c2ccc(-c3ccc(N(c4ccccc4-c4ccc5oc6c7ccccc7ccc6c5c4)c4cccc5c4ccc4cc(-c6ccc(N(c7ccc(-c8cc9ccccc9c9ccccc89)cc7)c7cccc8ccccc78)c(-c7ccc8oc9c%10ccccc%10ccc9c8c7)c6)ccc45)cc3)cc2-c2ccccc2)cc1. The molecule has 0 amide bonds. The van der Waals surface area contributed by atoms with Gasteiger partial charge < -0.3 is 18.6 Å². The van der Waals surface area contributed by atoms with Crippen LogP contribution in [0.4, 0.5) is 34.1 Å². The fourth-order valence-electron chi connectivity index (χ4n) is 18.4. The molecule has 0 aliphatic heterocycles. The molecule has 540 valence electrons. The lowest BCUT2D eigenvalue weighted by atomic mass is 9.91. The van der Waals surface area contributed by atoms with Gasteiger partial charge in [-0.2, -0.15) is 0 Å². The van der Waals surface area contributed by atoms with E-state index in [-0.39, 0.29) is 0 Å². The van der Waals surface area contributed by atoms with Gasteiger partial charge in [0.2, 0.25) is 0 Å². The van der Waals surface area contributed by atoms with Crippen molar-refractivity contribution >= 4 is 153 Å². The zero-order chi connectivity index (χ0) is 76.3. The van der Waals surface area contributed by atoms with E-state index >= 15 is 0 Å². The molecule has 0 fully saturated rings. The highest BCUT2D eigenvalue weighted by molar-refractivity contribution is 6.20. The second kappa shape index (κ2) is 27.2. The van der Waals surface area contributed by atoms with Crippen molar-refractivity contribution in [2.75, 3.05) is 9.80 Å². The summed E-state index contributed by atoms with van der Waals surface area (Å²) in [5.74, 6) is 0. The van der Waals surface area contributed by atoms with Crippen LogP contribution in [0.15, 0.2) is 433 Å². The third kappa shape index (κ3) is 11.1. The van der Waals surface area contributed by atoms with Crippen molar-refractivity contribution in [3.05, 3.63) is 425 Å². The van der Waals surface area contributed by atoms with Crippen molar-refractivity contribution in [1.29, 1.82) is 0 Å². The molecule has 0 radical (unpaired) electrons. The van der Waals surface area contributed by atoms with Gasteiger partial charge in [0.25, 0.3) is 0 Å². The summed E-state index contributed by atoms with van der Waals surface area (Å²) in [6, 6.07) is 156. The summed E-state index contributed by atoms with van der Waals surface area (Å²) in [6.45, 7) is 0. The zero-order valence-electron chi connectivity index (χ0n) is 63.1. The first kappa shape index (κ1) is 66.4. The Bertz CT molecular complexity index is 7890. The van der Waals surface area contributed by atoms with Crippen LogP contribution in [0.2, 0.25) is 0 Å². The van der Waals surface area contributed by atoms with Gasteiger partial charge in [0, 0.05) is 65.6 Å². The Balaban J connectivity index is 0.677. The number of fused-ring (bicyclic) bond motifs is 17. The topological polar surface area (TPSA) is 32.8 Å². The number of anilines is 6. The van der Waals surface area contributed by atoms with E-state index in [1.165, 1.54) is 60.1 Å². The highest BCUT2D eigenvalue weighted by Crippen LogP contribution is 2.51. The van der Waals surface area contributed by atoms with Crippen molar-refractivity contribution in [2.24, 2.45) is 0 Å². The molecule has 21 aromatic carbocycles. The monoisotopic (exact) mass is 1470 g/mol. The van der Waals surface area contributed by atoms with E-state index in [0.717, 1.165) is 171 Å². The normalized spacial score (nSPS) is 11.8. The summed E-state index contributed by atoms with van der Waals surface area (Å²) in [4.78, 5) is 4.95. The first-order valence-electron chi connectivity index (χ1n) is 39.8. The van der Waals surface area contributed by atoms with Crippen LogP contribution in [0.3, 0.4) is 0 Å². The molecule has 0 aliphatic carbocycles. The molecule has 0 spiro atoms. The van der Waals surface area contributed by atoms with Gasteiger partial charge >= 0.3 is 0 Å². The number of para-hydroxylation sites is 1. The predicted molar refractivity (Wildman–Crippen MR) is 491 cm³/mol. The first-order valence-corrected chi connectivity index (χ1v) is 39.8. The molecule has 23 rings (SSSR count). The molecular formula is C112H70N2O2. The van der Waals surface area contributed by atoms with Crippen LogP contribution in [0.5, 0.6) is 0 Å². The highest BCUT2D eigenvalue weighted by atomic mass is 16.3. The van der Waals surface area contributed by atoms with E-state index in [0.29, 0.717) is 0 Å². The molecule has 0 aliphatic rings. The summed E-state index contributed by atoms with van der Waals surface area (Å²) >= 11 is 0. The van der Waals surface area contributed by atoms with E-state index in [9.17, 15) is 0 Å². The van der Waals surface area contributed by atoms with Gasteiger partial charge in [-0.3, -0.25) is 0 Å². The summed E-state index contributed by atoms with van der Waals surface area (Å²) in [5.41, 5.74) is 25.8. The van der Waals surface area contributed by atoms with Crippen molar-refractivity contribution in [3.63, 3.8) is 0 Å². The van der Waals surface area contributed by atoms with Gasteiger partial charge in [-0.1, -0.05) is 315 Å². The average Bonchev–Trinajstić information content (AvgIpc) is 1.39. The van der Waals surface area contributed by atoms with Crippen LogP contribution in [0.25, 0.3) is 197 Å².